The monoisotopic (exact) mass is 351 g/mol. The fourth-order valence-electron chi connectivity index (χ4n) is 1.93. The number of ether oxygens (including phenoxy) is 2. The van der Waals surface area contributed by atoms with E-state index in [1.54, 1.807) is 12.1 Å². The van der Waals surface area contributed by atoms with Gasteiger partial charge in [0.1, 0.15) is 11.5 Å². The highest BCUT2D eigenvalue weighted by Gasteiger charge is 2.12. The van der Waals surface area contributed by atoms with Gasteiger partial charge in [-0.05, 0) is 25.1 Å². The number of aryl methyl sites for hydroxylation is 1. The van der Waals surface area contributed by atoms with E-state index in [2.05, 4.69) is 5.32 Å². The van der Waals surface area contributed by atoms with Gasteiger partial charge in [0.05, 0.1) is 30.7 Å². The van der Waals surface area contributed by atoms with Gasteiger partial charge in [-0.1, -0.05) is 29.3 Å². The lowest BCUT2D eigenvalue weighted by Gasteiger charge is -2.13. The summed E-state index contributed by atoms with van der Waals surface area (Å²) < 4.78 is 10.4. The van der Waals surface area contributed by atoms with Crippen molar-refractivity contribution in [2.24, 2.45) is 0 Å². The highest BCUT2D eigenvalue weighted by molar-refractivity contribution is 8.00. The first kappa shape index (κ1) is 17.5. The van der Waals surface area contributed by atoms with Crippen molar-refractivity contribution in [1.82, 2.24) is 0 Å². The Kier molecular flexibility index (Phi) is 6.19. The molecule has 1 N–H and O–H groups in total. The maximum absolute atomic E-state index is 12.1. The van der Waals surface area contributed by atoms with Gasteiger partial charge in [-0.25, -0.2) is 0 Å². The van der Waals surface area contributed by atoms with Crippen molar-refractivity contribution in [2.45, 2.75) is 11.8 Å². The minimum atomic E-state index is -0.130. The summed E-state index contributed by atoms with van der Waals surface area (Å²) in [6, 6.07) is 11.3. The van der Waals surface area contributed by atoms with E-state index in [9.17, 15) is 4.79 Å². The molecule has 0 atom stereocenters. The second kappa shape index (κ2) is 8.13. The minimum absolute atomic E-state index is 0.130. The summed E-state index contributed by atoms with van der Waals surface area (Å²) in [5, 5.41) is 3.22. The highest BCUT2D eigenvalue weighted by atomic mass is 35.5. The van der Waals surface area contributed by atoms with Crippen LogP contribution in [-0.4, -0.2) is 25.9 Å². The van der Waals surface area contributed by atoms with Crippen LogP contribution < -0.4 is 14.8 Å². The Hall–Kier alpha value is -1.85. The van der Waals surface area contributed by atoms with E-state index < -0.39 is 0 Å². The molecule has 0 heterocycles. The molecule has 0 aromatic heterocycles. The first-order valence-electron chi connectivity index (χ1n) is 6.94. The Balaban J connectivity index is 2.02. The third-order valence-electron chi connectivity index (χ3n) is 3.14. The Bertz CT molecular complexity index is 689. The third kappa shape index (κ3) is 4.81. The Morgan fingerprint density at radius 2 is 1.78 bits per heavy atom. The van der Waals surface area contributed by atoms with Crippen LogP contribution in [0.3, 0.4) is 0 Å². The van der Waals surface area contributed by atoms with Crippen LogP contribution in [0.5, 0.6) is 11.5 Å². The van der Waals surface area contributed by atoms with Gasteiger partial charge in [0.25, 0.3) is 0 Å². The summed E-state index contributed by atoms with van der Waals surface area (Å²) in [4.78, 5) is 13.2. The average molecular weight is 352 g/mol. The van der Waals surface area contributed by atoms with Gasteiger partial charge in [0.15, 0.2) is 0 Å². The second-order valence-corrected chi connectivity index (χ2v) is 6.29. The normalized spacial score (nSPS) is 10.3. The second-order valence-electron chi connectivity index (χ2n) is 4.84. The average Bonchev–Trinajstić information content (AvgIpc) is 2.54. The van der Waals surface area contributed by atoms with Crippen LogP contribution >= 0.6 is 23.4 Å². The zero-order valence-electron chi connectivity index (χ0n) is 13.2. The summed E-state index contributed by atoms with van der Waals surface area (Å²) in [7, 11) is 3.05. The number of rotatable bonds is 6. The van der Waals surface area contributed by atoms with Crippen molar-refractivity contribution < 1.29 is 14.3 Å². The van der Waals surface area contributed by atoms with Crippen LogP contribution in [0.2, 0.25) is 5.02 Å². The van der Waals surface area contributed by atoms with Gasteiger partial charge in [0.2, 0.25) is 5.91 Å². The van der Waals surface area contributed by atoms with Gasteiger partial charge in [0, 0.05) is 11.0 Å². The number of nitrogens with one attached hydrogen (secondary N) is 1. The molecule has 0 spiro atoms. The van der Waals surface area contributed by atoms with Crippen LogP contribution in [0, 0.1) is 6.92 Å². The molecule has 0 fully saturated rings. The van der Waals surface area contributed by atoms with Crippen molar-refractivity contribution in [3.63, 3.8) is 0 Å². The summed E-state index contributed by atoms with van der Waals surface area (Å²) in [5.41, 5.74) is 1.71. The zero-order valence-corrected chi connectivity index (χ0v) is 14.8. The molecule has 0 saturated heterocycles. The van der Waals surface area contributed by atoms with Crippen molar-refractivity contribution in [3.05, 3.63) is 47.0 Å². The Morgan fingerprint density at radius 1 is 1.13 bits per heavy atom. The fourth-order valence-corrected chi connectivity index (χ4v) is 2.87. The van der Waals surface area contributed by atoms with E-state index in [1.807, 2.05) is 31.2 Å². The Morgan fingerprint density at radius 3 is 2.39 bits per heavy atom. The molecule has 6 heteroatoms. The molecular weight excluding hydrogens is 334 g/mol. The molecular formula is C17H18ClNO3S. The number of carbonyl (C=O) groups excluding carboxylic acids is 1. The molecule has 23 heavy (non-hydrogen) atoms. The van der Waals surface area contributed by atoms with Crippen molar-refractivity contribution >= 4 is 35.0 Å². The molecule has 0 aliphatic heterocycles. The summed E-state index contributed by atoms with van der Waals surface area (Å²) in [6.07, 6.45) is 0. The lowest BCUT2D eigenvalue weighted by atomic mass is 10.2. The molecule has 2 aromatic carbocycles. The van der Waals surface area contributed by atoms with Crippen LogP contribution in [0.4, 0.5) is 5.69 Å². The predicted octanol–water partition coefficient (Wildman–Crippen LogP) is 4.40. The number of carbonyl (C=O) groups is 1. The van der Waals surface area contributed by atoms with Crippen LogP contribution in [0.25, 0.3) is 0 Å². The zero-order chi connectivity index (χ0) is 16.8. The fraction of sp³-hybridized carbons (Fsp3) is 0.235. The van der Waals surface area contributed by atoms with Gasteiger partial charge in [-0.3, -0.25) is 4.79 Å². The number of amides is 1. The van der Waals surface area contributed by atoms with Crippen molar-refractivity contribution in [1.29, 1.82) is 0 Å². The molecule has 0 radical (unpaired) electrons. The van der Waals surface area contributed by atoms with Crippen LogP contribution in [-0.2, 0) is 4.79 Å². The van der Waals surface area contributed by atoms with Gasteiger partial charge in [-0.2, -0.15) is 0 Å². The smallest absolute Gasteiger partial charge is 0.234 e. The number of anilines is 1. The summed E-state index contributed by atoms with van der Waals surface area (Å²) in [5.74, 6) is 1.17. The maximum Gasteiger partial charge on any atom is 0.234 e. The molecule has 2 rings (SSSR count). The van der Waals surface area contributed by atoms with E-state index >= 15 is 0 Å². The standard InChI is InChI=1S/C17H18ClNO3S/c1-11-4-6-12(7-5-11)23-10-17(20)19-14-8-13(18)15(21-2)9-16(14)22-3/h4-9H,10H2,1-3H3,(H,19,20). The molecule has 0 saturated carbocycles. The predicted molar refractivity (Wildman–Crippen MR) is 95.1 cm³/mol. The largest absolute Gasteiger partial charge is 0.495 e. The first-order chi connectivity index (χ1) is 11.0. The summed E-state index contributed by atoms with van der Waals surface area (Å²) >= 11 is 7.56. The van der Waals surface area contributed by atoms with Gasteiger partial charge in [-0.15, -0.1) is 11.8 Å². The summed E-state index contributed by atoms with van der Waals surface area (Å²) in [6.45, 7) is 2.03. The number of halogens is 1. The van der Waals surface area contributed by atoms with Gasteiger partial charge < -0.3 is 14.8 Å². The molecule has 2 aromatic rings. The SMILES string of the molecule is COc1cc(OC)c(NC(=O)CSc2ccc(C)cc2)cc1Cl. The first-order valence-corrected chi connectivity index (χ1v) is 8.30. The van der Waals surface area contributed by atoms with E-state index in [4.69, 9.17) is 21.1 Å². The molecule has 4 nitrogen and oxygen atoms in total. The lowest BCUT2D eigenvalue weighted by molar-refractivity contribution is -0.113. The number of thioether (sulfide) groups is 1. The number of hydrogen-bond donors (Lipinski definition) is 1. The van der Waals surface area contributed by atoms with E-state index in [0.29, 0.717) is 28.0 Å². The Labute approximate surface area is 145 Å². The molecule has 122 valence electrons. The number of benzene rings is 2. The minimum Gasteiger partial charge on any atom is -0.495 e. The molecule has 0 bridgehead atoms. The van der Waals surface area contributed by atoms with Crippen molar-refractivity contribution in [3.8, 4) is 11.5 Å². The van der Waals surface area contributed by atoms with Crippen molar-refractivity contribution in [2.75, 3.05) is 25.3 Å². The van der Waals surface area contributed by atoms with E-state index in [1.165, 1.54) is 31.5 Å². The van der Waals surface area contributed by atoms with E-state index in [0.717, 1.165) is 4.90 Å². The molecule has 0 aliphatic rings. The van der Waals surface area contributed by atoms with Gasteiger partial charge >= 0.3 is 0 Å². The number of hydrogen-bond acceptors (Lipinski definition) is 4. The highest BCUT2D eigenvalue weighted by Crippen LogP contribution is 2.36. The third-order valence-corrected chi connectivity index (χ3v) is 4.45. The maximum atomic E-state index is 12.1. The van der Waals surface area contributed by atoms with E-state index in [-0.39, 0.29) is 5.91 Å². The molecule has 0 aliphatic carbocycles. The molecule has 1 amide bonds. The molecule has 0 unspecified atom stereocenters. The number of methoxy groups -OCH3 is 2. The quantitative estimate of drug-likeness (QED) is 0.784. The lowest BCUT2D eigenvalue weighted by Crippen LogP contribution is -2.14. The van der Waals surface area contributed by atoms with Crippen LogP contribution in [0.15, 0.2) is 41.3 Å². The van der Waals surface area contributed by atoms with Crippen LogP contribution in [0.1, 0.15) is 5.56 Å². The topological polar surface area (TPSA) is 47.6 Å².